The third-order valence-corrected chi connectivity index (χ3v) is 3.13. The van der Waals surface area contributed by atoms with E-state index in [-0.39, 0.29) is 13.2 Å². The number of benzene rings is 1. The summed E-state index contributed by atoms with van der Waals surface area (Å²) in [7, 11) is 0. The van der Waals surface area contributed by atoms with Crippen molar-refractivity contribution in [3.05, 3.63) is 28.8 Å². The Balaban J connectivity index is 0.00000144. The summed E-state index contributed by atoms with van der Waals surface area (Å²) >= 11 is 6.08. The topological polar surface area (TPSA) is 32.3 Å². The summed E-state index contributed by atoms with van der Waals surface area (Å²) in [5.74, 6) is 0.0110. The Morgan fingerprint density at radius 2 is 2.00 bits per heavy atom. The van der Waals surface area contributed by atoms with E-state index in [1.807, 2.05) is 18.2 Å². The Morgan fingerprint density at radius 3 is 2.53 bits per heavy atom. The molecule has 17 heavy (non-hydrogen) atoms. The first-order valence-electron chi connectivity index (χ1n) is 5.44. The highest BCUT2D eigenvalue weighted by atomic mass is 35.5. The fourth-order valence-corrected chi connectivity index (χ4v) is 2.22. The lowest BCUT2D eigenvalue weighted by Crippen LogP contribution is -2.43. The van der Waals surface area contributed by atoms with Gasteiger partial charge < -0.3 is 10.2 Å². The van der Waals surface area contributed by atoms with Gasteiger partial charge in [-0.1, -0.05) is 19.0 Å². The van der Waals surface area contributed by atoms with Crippen LogP contribution in [0.15, 0.2) is 18.2 Å². The minimum atomic E-state index is 0. The molecule has 0 radical (unpaired) electrons. The van der Waals surface area contributed by atoms with Crippen molar-refractivity contribution in [3.63, 3.8) is 0 Å². The number of nitrogens with zero attached hydrogens (tertiary/aromatic N) is 1. The van der Waals surface area contributed by atoms with Crippen molar-refractivity contribution < 1.29 is 4.79 Å². The summed E-state index contributed by atoms with van der Waals surface area (Å²) in [6, 6.07) is 5.65. The number of hydrogen-bond donors (Lipinski definition) is 1. The van der Waals surface area contributed by atoms with Crippen molar-refractivity contribution in [2.45, 2.75) is 14.4 Å². The molecule has 0 atom stereocenters. The quantitative estimate of drug-likeness (QED) is 0.824. The second-order valence-corrected chi connectivity index (χ2v) is 4.36. The number of halogens is 1. The predicted molar refractivity (Wildman–Crippen MR) is 73.3 cm³/mol. The van der Waals surface area contributed by atoms with Gasteiger partial charge in [0, 0.05) is 37.4 Å². The molecule has 1 N–H and O–H groups in total. The van der Waals surface area contributed by atoms with E-state index in [9.17, 15) is 4.79 Å². The monoisotopic (exact) mass is 254 g/mol. The molecule has 0 unspecified atom stereocenters. The molecule has 0 aromatic heterocycles. The maximum atomic E-state index is 11.2. The molecule has 0 spiro atoms. The minimum Gasteiger partial charge on any atom is -0.369 e. The maximum absolute atomic E-state index is 11.2. The molecule has 1 aromatic rings. The standard InChI is InChI=1S/C12H15ClN2O.CH4/c1-9(16)11-3-2-10(8-12(11)13)15-6-4-14-5-7-15;/h2-3,8,14H,4-7H2,1H3;1H4. The summed E-state index contributed by atoms with van der Waals surface area (Å²) in [6.45, 7) is 5.48. The van der Waals surface area contributed by atoms with Crippen molar-refractivity contribution >= 4 is 23.1 Å². The van der Waals surface area contributed by atoms with E-state index in [1.54, 1.807) is 0 Å². The van der Waals surface area contributed by atoms with Gasteiger partial charge >= 0.3 is 0 Å². The Kier molecular flexibility index (Phi) is 4.97. The van der Waals surface area contributed by atoms with Gasteiger partial charge in [0.2, 0.25) is 0 Å². The van der Waals surface area contributed by atoms with Crippen molar-refractivity contribution in [2.75, 3.05) is 31.1 Å². The maximum Gasteiger partial charge on any atom is 0.161 e. The Hall–Kier alpha value is -1.06. The molecule has 1 heterocycles. The summed E-state index contributed by atoms with van der Waals surface area (Å²) in [5, 5.41) is 3.84. The normalized spacial score (nSPS) is 15.3. The van der Waals surface area contributed by atoms with Crippen molar-refractivity contribution in [1.29, 1.82) is 0 Å². The van der Waals surface area contributed by atoms with Crippen LogP contribution >= 0.6 is 11.6 Å². The van der Waals surface area contributed by atoms with Gasteiger partial charge in [0.25, 0.3) is 0 Å². The van der Waals surface area contributed by atoms with Gasteiger partial charge in [-0.2, -0.15) is 0 Å². The van der Waals surface area contributed by atoms with Crippen LogP contribution in [0.1, 0.15) is 24.7 Å². The smallest absolute Gasteiger partial charge is 0.161 e. The Labute approximate surface area is 108 Å². The molecule has 2 rings (SSSR count). The summed E-state index contributed by atoms with van der Waals surface area (Å²) < 4.78 is 0. The zero-order valence-electron chi connectivity index (χ0n) is 9.29. The van der Waals surface area contributed by atoms with Crippen molar-refractivity contribution in [3.8, 4) is 0 Å². The number of carbonyl (C=O) groups is 1. The van der Waals surface area contributed by atoms with Gasteiger partial charge in [0.15, 0.2) is 5.78 Å². The molecule has 4 heteroatoms. The van der Waals surface area contributed by atoms with Crippen molar-refractivity contribution in [1.82, 2.24) is 5.32 Å². The second kappa shape index (κ2) is 6.03. The third kappa shape index (κ3) is 3.20. The third-order valence-electron chi connectivity index (χ3n) is 2.81. The van der Waals surface area contributed by atoms with Crippen LogP contribution in [0.2, 0.25) is 5.02 Å². The highest BCUT2D eigenvalue weighted by Gasteiger charge is 2.12. The van der Waals surface area contributed by atoms with E-state index in [1.165, 1.54) is 6.92 Å². The molecule has 1 fully saturated rings. The molecule has 0 saturated carbocycles. The number of nitrogens with one attached hydrogen (secondary N) is 1. The van der Waals surface area contributed by atoms with Crippen LogP contribution in [0.25, 0.3) is 0 Å². The van der Waals surface area contributed by atoms with Gasteiger partial charge in [0.1, 0.15) is 0 Å². The second-order valence-electron chi connectivity index (χ2n) is 3.96. The Morgan fingerprint density at radius 1 is 1.35 bits per heavy atom. The molecule has 0 amide bonds. The van der Waals surface area contributed by atoms with Crippen molar-refractivity contribution in [2.24, 2.45) is 0 Å². The fraction of sp³-hybridized carbons (Fsp3) is 0.462. The first-order valence-corrected chi connectivity index (χ1v) is 5.82. The highest BCUT2D eigenvalue weighted by Crippen LogP contribution is 2.24. The van der Waals surface area contributed by atoms with E-state index in [2.05, 4.69) is 10.2 Å². The Bertz CT molecular complexity index is 400. The van der Waals surface area contributed by atoms with Gasteiger partial charge in [-0.3, -0.25) is 4.79 Å². The van der Waals surface area contributed by atoms with Gasteiger partial charge in [0.05, 0.1) is 5.02 Å². The van der Waals surface area contributed by atoms with Gasteiger partial charge in [-0.25, -0.2) is 0 Å². The van der Waals surface area contributed by atoms with E-state index in [0.717, 1.165) is 31.9 Å². The zero-order chi connectivity index (χ0) is 11.5. The number of anilines is 1. The first kappa shape index (κ1) is 14.0. The number of rotatable bonds is 2. The molecule has 1 aliphatic rings. The molecule has 1 saturated heterocycles. The molecule has 0 bridgehead atoms. The van der Waals surface area contributed by atoms with Gasteiger partial charge in [-0.05, 0) is 25.1 Å². The number of piperazine rings is 1. The van der Waals surface area contributed by atoms with Crippen LogP contribution in [0, 0.1) is 0 Å². The lowest BCUT2D eigenvalue weighted by Gasteiger charge is -2.29. The molecule has 1 aromatic carbocycles. The first-order chi connectivity index (χ1) is 7.68. The molecule has 1 aliphatic heterocycles. The van der Waals surface area contributed by atoms with Crippen LogP contribution in [-0.4, -0.2) is 32.0 Å². The van der Waals surface area contributed by atoms with E-state index >= 15 is 0 Å². The lowest BCUT2D eigenvalue weighted by atomic mass is 10.1. The summed E-state index contributed by atoms with van der Waals surface area (Å²) in [6.07, 6.45) is 0. The predicted octanol–water partition coefficient (Wildman–Crippen LogP) is 2.59. The SMILES string of the molecule is C.CC(=O)c1ccc(N2CCNCC2)cc1Cl. The molecule has 94 valence electrons. The number of Topliss-reactive ketones (excluding diaryl/α,β-unsaturated/α-hetero) is 1. The van der Waals surface area contributed by atoms with Crippen LogP contribution in [0.4, 0.5) is 5.69 Å². The largest absolute Gasteiger partial charge is 0.369 e. The average molecular weight is 255 g/mol. The lowest BCUT2D eigenvalue weighted by molar-refractivity contribution is 0.101. The highest BCUT2D eigenvalue weighted by molar-refractivity contribution is 6.34. The van der Waals surface area contributed by atoms with E-state index < -0.39 is 0 Å². The van der Waals surface area contributed by atoms with E-state index in [4.69, 9.17) is 11.6 Å². The molecule has 3 nitrogen and oxygen atoms in total. The van der Waals surface area contributed by atoms with Crippen LogP contribution < -0.4 is 10.2 Å². The fourth-order valence-electron chi connectivity index (χ4n) is 1.91. The average Bonchev–Trinajstić information content (AvgIpc) is 2.29. The zero-order valence-corrected chi connectivity index (χ0v) is 10.0. The van der Waals surface area contributed by atoms with E-state index in [0.29, 0.717) is 10.6 Å². The molecule has 0 aliphatic carbocycles. The van der Waals surface area contributed by atoms with Crippen LogP contribution in [0.5, 0.6) is 0 Å². The summed E-state index contributed by atoms with van der Waals surface area (Å²) in [5.41, 5.74) is 1.69. The minimum absolute atomic E-state index is 0. The van der Waals surface area contributed by atoms with Crippen LogP contribution in [0.3, 0.4) is 0 Å². The van der Waals surface area contributed by atoms with Crippen LogP contribution in [-0.2, 0) is 0 Å². The van der Waals surface area contributed by atoms with Gasteiger partial charge in [-0.15, -0.1) is 0 Å². The molecular weight excluding hydrogens is 236 g/mol. The summed E-state index contributed by atoms with van der Waals surface area (Å²) in [4.78, 5) is 13.5. The number of carbonyl (C=O) groups excluding carboxylic acids is 1. The number of hydrogen-bond acceptors (Lipinski definition) is 3. The molecular formula is C13H19ClN2O. The number of ketones is 1.